The number of aliphatic carboxylic acids is 1. The number of carboxylic acid groups (broad SMARTS) is 1. The van der Waals surface area contributed by atoms with Crippen LogP contribution in [0.15, 0.2) is 0 Å². The van der Waals surface area contributed by atoms with Crippen molar-refractivity contribution < 1.29 is 29.0 Å². The molecule has 1 saturated carbocycles. The summed E-state index contributed by atoms with van der Waals surface area (Å²) in [6.45, 7) is 2.22. The zero-order chi connectivity index (χ0) is 14.1. The molecule has 1 heterocycles. The van der Waals surface area contributed by atoms with E-state index < -0.39 is 17.2 Å². The first-order valence-corrected chi connectivity index (χ1v) is 6.44. The summed E-state index contributed by atoms with van der Waals surface area (Å²) in [5.74, 6) is -2.59. The Morgan fingerprint density at radius 2 is 1.95 bits per heavy atom. The molecule has 0 bridgehead atoms. The largest absolute Gasteiger partial charge is 0.480 e. The Balaban J connectivity index is 2.25. The first kappa shape index (κ1) is 14.1. The average molecular weight is 270 g/mol. The lowest BCUT2D eigenvalue weighted by atomic mass is 9.67. The van der Waals surface area contributed by atoms with E-state index in [1.807, 2.05) is 0 Å². The first-order chi connectivity index (χ1) is 8.90. The van der Waals surface area contributed by atoms with E-state index in [0.29, 0.717) is 19.6 Å². The normalized spacial score (nSPS) is 29.6. The maximum Gasteiger partial charge on any atom is 0.317 e. The molecule has 6 nitrogen and oxygen atoms in total. The van der Waals surface area contributed by atoms with Gasteiger partial charge in [-0.15, -0.1) is 0 Å². The van der Waals surface area contributed by atoms with E-state index >= 15 is 0 Å². The molecular formula is C13H18O6. The number of ether oxygens (including phenoxy) is 2. The third-order valence-corrected chi connectivity index (χ3v) is 3.96. The Morgan fingerprint density at radius 1 is 1.32 bits per heavy atom. The summed E-state index contributed by atoms with van der Waals surface area (Å²) in [6.07, 6.45) is 0.603. The van der Waals surface area contributed by atoms with E-state index in [1.54, 1.807) is 0 Å². The van der Waals surface area contributed by atoms with Crippen molar-refractivity contribution in [2.75, 3.05) is 13.2 Å². The minimum absolute atomic E-state index is 0.00144. The lowest BCUT2D eigenvalue weighted by Crippen LogP contribution is -2.52. The molecule has 1 atom stereocenters. The van der Waals surface area contributed by atoms with Gasteiger partial charge in [-0.2, -0.15) is 0 Å². The van der Waals surface area contributed by atoms with Crippen LogP contribution in [0.2, 0.25) is 0 Å². The minimum atomic E-state index is -1.55. The van der Waals surface area contributed by atoms with Crippen molar-refractivity contribution in [2.24, 2.45) is 5.41 Å². The Kier molecular flexibility index (Phi) is 3.73. The van der Waals surface area contributed by atoms with Crippen LogP contribution in [0.4, 0.5) is 0 Å². The lowest BCUT2D eigenvalue weighted by molar-refractivity contribution is -0.208. The predicted octanol–water partition coefficient (Wildman–Crippen LogP) is 0.923. The van der Waals surface area contributed by atoms with Crippen molar-refractivity contribution in [1.29, 1.82) is 0 Å². The minimum Gasteiger partial charge on any atom is -0.480 e. The number of Topliss-reactive ketones (excluding diaryl/α,β-unsaturated/α-hetero) is 2. The molecule has 0 aromatic heterocycles. The predicted molar refractivity (Wildman–Crippen MR) is 63.5 cm³/mol. The summed E-state index contributed by atoms with van der Waals surface area (Å²) in [7, 11) is 0. The molecule has 0 aromatic carbocycles. The number of hydrogen-bond donors (Lipinski definition) is 1. The molecular weight excluding hydrogens is 252 g/mol. The van der Waals surface area contributed by atoms with Gasteiger partial charge in [0.2, 0.25) is 0 Å². The van der Waals surface area contributed by atoms with Crippen molar-refractivity contribution in [2.45, 2.75) is 44.8 Å². The van der Waals surface area contributed by atoms with Crippen LogP contribution in [0, 0.1) is 5.41 Å². The fourth-order valence-electron chi connectivity index (χ4n) is 2.85. The number of ketones is 2. The smallest absolute Gasteiger partial charge is 0.317 e. The molecule has 2 rings (SSSR count). The van der Waals surface area contributed by atoms with Gasteiger partial charge >= 0.3 is 5.97 Å². The van der Waals surface area contributed by atoms with E-state index in [0.717, 1.165) is 0 Å². The second-order valence-electron chi connectivity index (χ2n) is 5.30. The summed E-state index contributed by atoms with van der Waals surface area (Å²) < 4.78 is 11.0. The van der Waals surface area contributed by atoms with Gasteiger partial charge in [0.15, 0.2) is 11.6 Å². The molecule has 1 saturated heterocycles. The SMILES string of the molecule is CC(=O)CC[C@]1(C(=O)O)CC2(CCC1=O)OCCO2. The third kappa shape index (κ3) is 2.55. The molecule has 106 valence electrons. The highest BCUT2D eigenvalue weighted by Gasteiger charge is 2.57. The number of carbonyl (C=O) groups is 3. The summed E-state index contributed by atoms with van der Waals surface area (Å²) in [5, 5.41) is 9.47. The van der Waals surface area contributed by atoms with Gasteiger partial charge in [-0.05, 0) is 13.3 Å². The Hall–Kier alpha value is -1.27. The van der Waals surface area contributed by atoms with Crippen molar-refractivity contribution in [1.82, 2.24) is 0 Å². The van der Waals surface area contributed by atoms with Crippen molar-refractivity contribution >= 4 is 17.5 Å². The van der Waals surface area contributed by atoms with Crippen LogP contribution >= 0.6 is 0 Å². The number of rotatable bonds is 4. The topological polar surface area (TPSA) is 89.9 Å². The Labute approximate surface area is 111 Å². The Morgan fingerprint density at radius 3 is 2.47 bits per heavy atom. The molecule has 1 aliphatic carbocycles. The molecule has 19 heavy (non-hydrogen) atoms. The summed E-state index contributed by atoms with van der Waals surface area (Å²) in [5.41, 5.74) is -1.55. The fraction of sp³-hybridized carbons (Fsp3) is 0.769. The fourth-order valence-corrected chi connectivity index (χ4v) is 2.85. The van der Waals surface area contributed by atoms with Gasteiger partial charge in [-0.25, -0.2) is 0 Å². The van der Waals surface area contributed by atoms with Crippen LogP contribution in [0.25, 0.3) is 0 Å². The van der Waals surface area contributed by atoms with Crippen molar-refractivity contribution in [3.8, 4) is 0 Å². The molecule has 0 unspecified atom stereocenters. The van der Waals surface area contributed by atoms with Crippen molar-refractivity contribution in [3.63, 3.8) is 0 Å². The van der Waals surface area contributed by atoms with Gasteiger partial charge < -0.3 is 19.4 Å². The molecule has 1 N–H and O–H groups in total. The summed E-state index contributed by atoms with van der Waals surface area (Å²) >= 11 is 0. The zero-order valence-corrected chi connectivity index (χ0v) is 10.9. The Bertz CT molecular complexity index is 409. The quantitative estimate of drug-likeness (QED) is 0.764. The number of carbonyl (C=O) groups excluding carboxylic acids is 2. The van der Waals surface area contributed by atoms with Crippen LogP contribution in [-0.2, 0) is 23.9 Å². The van der Waals surface area contributed by atoms with Gasteiger partial charge in [-0.3, -0.25) is 9.59 Å². The molecule has 2 aliphatic rings. The number of carboxylic acids is 1. The van der Waals surface area contributed by atoms with E-state index in [-0.39, 0.29) is 37.2 Å². The highest BCUT2D eigenvalue weighted by molar-refractivity contribution is 6.04. The maximum absolute atomic E-state index is 12.1. The van der Waals surface area contributed by atoms with Crippen LogP contribution in [0.5, 0.6) is 0 Å². The zero-order valence-electron chi connectivity index (χ0n) is 10.9. The van der Waals surface area contributed by atoms with Crippen LogP contribution < -0.4 is 0 Å². The van der Waals surface area contributed by atoms with Gasteiger partial charge in [0.05, 0.1) is 13.2 Å². The van der Waals surface area contributed by atoms with Gasteiger partial charge in [0, 0.05) is 25.7 Å². The molecule has 0 radical (unpaired) electrons. The molecule has 0 amide bonds. The molecule has 6 heteroatoms. The molecule has 2 fully saturated rings. The average Bonchev–Trinajstić information content (AvgIpc) is 2.79. The monoisotopic (exact) mass is 270 g/mol. The molecule has 1 spiro atoms. The van der Waals surface area contributed by atoms with E-state index in [9.17, 15) is 19.5 Å². The lowest BCUT2D eigenvalue weighted by Gasteiger charge is -2.41. The second kappa shape index (κ2) is 5.02. The van der Waals surface area contributed by atoms with E-state index in [1.165, 1.54) is 6.92 Å². The highest BCUT2D eigenvalue weighted by Crippen LogP contribution is 2.46. The van der Waals surface area contributed by atoms with Crippen LogP contribution in [0.1, 0.15) is 39.0 Å². The highest BCUT2D eigenvalue weighted by atomic mass is 16.7. The van der Waals surface area contributed by atoms with Crippen molar-refractivity contribution in [3.05, 3.63) is 0 Å². The number of hydrogen-bond acceptors (Lipinski definition) is 5. The maximum atomic E-state index is 12.1. The summed E-state index contributed by atoms with van der Waals surface area (Å²) in [4.78, 5) is 34.8. The van der Waals surface area contributed by atoms with E-state index in [2.05, 4.69) is 0 Å². The van der Waals surface area contributed by atoms with E-state index in [4.69, 9.17) is 9.47 Å². The van der Waals surface area contributed by atoms with Gasteiger partial charge in [0.25, 0.3) is 0 Å². The second-order valence-corrected chi connectivity index (χ2v) is 5.30. The molecule has 0 aromatic rings. The summed E-state index contributed by atoms with van der Waals surface area (Å²) in [6, 6.07) is 0. The third-order valence-electron chi connectivity index (χ3n) is 3.96. The van der Waals surface area contributed by atoms with Crippen LogP contribution in [0.3, 0.4) is 0 Å². The van der Waals surface area contributed by atoms with Gasteiger partial charge in [0.1, 0.15) is 11.2 Å². The first-order valence-electron chi connectivity index (χ1n) is 6.44. The standard InChI is InChI=1S/C13H18O6/c1-9(14)2-4-12(11(16)17)8-13(5-3-10(12)15)18-6-7-19-13/h2-8H2,1H3,(H,16,17)/t12-/m0/s1. The van der Waals surface area contributed by atoms with Crippen LogP contribution in [-0.4, -0.2) is 41.6 Å². The molecule has 1 aliphatic heterocycles. The van der Waals surface area contributed by atoms with Gasteiger partial charge in [-0.1, -0.05) is 0 Å².